The van der Waals surface area contributed by atoms with Crippen molar-refractivity contribution in [3.05, 3.63) is 59.2 Å². The van der Waals surface area contributed by atoms with Crippen LogP contribution in [-0.4, -0.2) is 18.4 Å². The molecule has 2 amide bonds. The molecule has 4 heteroatoms. The Kier molecular flexibility index (Phi) is 5.12. The van der Waals surface area contributed by atoms with Crippen LogP contribution in [0.1, 0.15) is 42.9 Å². The van der Waals surface area contributed by atoms with Crippen molar-refractivity contribution in [2.75, 3.05) is 16.8 Å². The summed E-state index contributed by atoms with van der Waals surface area (Å²) in [4.78, 5) is 27.1. The van der Waals surface area contributed by atoms with E-state index in [9.17, 15) is 9.59 Å². The number of benzene rings is 2. The molecule has 1 heterocycles. The molecule has 1 N–H and O–H groups in total. The molecule has 1 unspecified atom stereocenters. The van der Waals surface area contributed by atoms with Crippen LogP contribution in [0.25, 0.3) is 0 Å². The number of carbonyl (C=O) groups excluding carboxylic acids is 2. The van der Waals surface area contributed by atoms with Gasteiger partial charge >= 0.3 is 0 Å². The number of aryl methyl sites for hydroxylation is 2. The molecule has 0 saturated carbocycles. The molecular formula is C22H26N2O2. The molecule has 26 heavy (non-hydrogen) atoms. The standard InChI is InChI=1S/C22H26N2O2/c1-14(2)18-10-5-6-11-19(18)24-13-17(12-20(24)25)22(26)23-21-15(3)8-7-9-16(21)4/h5-11,14,17H,12-13H2,1-4H3,(H,23,26). The van der Waals surface area contributed by atoms with Crippen molar-refractivity contribution >= 4 is 23.2 Å². The lowest BCUT2D eigenvalue weighted by atomic mass is 10.0. The van der Waals surface area contributed by atoms with E-state index in [1.165, 1.54) is 0 Å². The topological polar surface area (TPSA) is 49.4 Å². The minimum atomic E-state index is -0.332. The third-order valence-corrected chi connectivity index (χ3v) is 5.07. The number of hydrogen-bond donors (Lipinski definition) is 1. The first-order valence-electron chi connectivity index (χ1n) is 9.15. The summed E-state index contributed by atoms with van der Waals surface area (Å²) in [6, 6.07) is 13.9. The summed E-state index contributed by atoms with van der Waals surface area (Å²) in [5.41, 5.74) is 4.98. The van der Waals surface area contributed by atoms with Gasteiger partial charge in [-0.05, 0) is 42.5 Å². The van der Waals surface area contributed by atoms with E-state index in [-0.39, 0.29) is 24.2 Å². The van der Waals surface area contributed by atoms with Crippen LogP contribution in [0.4, 0.5) is 11.4 Å². The zero-order chi connectivity index (χ0) is 18.8. The Morgan fingerprint density at radius 3 is 2.38 bits per heavy atom. The van der Waals surface area contributed by atoms with Gasteiger partial charge in [0.05, 0.1) is 5.92 Å². The largest absolute Gasteiger partial charge is 0.325 e. The normalized spacial score (nSPS) is 17.0. The fourth-order valence-electron chi connectivity index (χ4n) is 3.57. The third-order valence-electron chi connectivity index (χ3n) is 5.07. The molecule has 0 radical (unpaired) electrons. The van der Waals surface area contributed by atoms with Crippen molar-refractivity contribution in [2.45, 2.75) is 40.0 Å². The van der Waals surface area contributed by atoms with Gasteiger partial charge in [-0.25, -0.2) is 0 Å². The SMILES string of the molecule is Cc1cccc(C)c1NC(=O)C1CC(=O)N(c2ccccc2C(C)C)C1. The molecule has 4 nitrogen and oxygen atoms in total. The van der Waals surface area contributed by atoms with Crippen molar-refractivity contribution in [1.29, 1.82) is 0 Å². The van der Waals surface area contributed by atoms with Crippen LogP contribution in [0.3, 0.4) is 0 Å². The Morgan fingerprint density at radius 1 is 1.08 bits per heavy atom. The van der Waals surface area contributed by atoms with Gasteiger partial charge in [-0.2, -0.15) is 0 Å². The molecule has 1 fully saturated rings. The highest BCUT2D eigenvalue weighted by molar-refractivity contribution is 6.04. The smallest absolute Gasteiger partial charge is 0.229 e. The van der Waals surface area contributed by atoms with E-state index in [0.717, 1.165) is 28.1 Å². The van der Waals surface area contributed by atoms with Crippen LogP contribution in [0, 0.1) is 19.8 Å². The second kappa shape index (κ2) is 7.32. The highest BCUT2D eigenvalue weighted by Crippen LogP contribution is 2.32. The monoisotopic (exact) mass is 350 g/mol. The fourth-order valence-corrected chi connectivity index (χ4v) is 3.57. The van der Waals surface area contributed by atoms with E-state index in [0.29, 0.717) is 12.5 Å². The summed E-state index contributed by atoms with van der Waals surface area (Å²) < 4.78 is 0. The Bertz CT molecular complexity index is 822. The number of hydrogen-bond acceptors (Lipinski definition) is 2. The summed E-state index contributed by atoms with van der Waals surface area (Å²) >= 11 is 0. The van der Waals surface area contributed by atoms with Gasteiger partial charge in [0.15, 0.2) is 0 Å². The average molecular weight is 350 g/mol. The lowest BCUT2D eigenvalue weighted by molar-refractivity contribution is -0.122. The molecule has 2 aromatic carbocycles. The predicted octanol–water partition coefficient (Wildman–Crippen LogP) is 4.42. The Hall–Kier alpha value is -2.62. The van der Waals surface area contributed by atoms with Gasteiger partial charge in [0.2, 0.25) is 11.8 Å². The van der Waals surface area contributed by atoms with Gasteiger partial charge in [-0.15, -0.1) is 0 Å². The maximum Gasteiger partial charge on any atom is 0.229 e. The summed E-state index contributed by atoms with van der Waals surface area (Å²) in [5.74, 6) is -0.0803. The van der Waals surface area contributed by atoms with Crippen molar-refractivity contribution in [2.24, 2.45) is 5.92 Å². The molecule has 0 spiro atoms. The van der Waals surface area contributed by atoms with E-state index >= 15 is 0 Å². The predicted molar refractivity (Wildman–Crippen MR) is 106 cm³/mol. The second-order valence-corrected chi connectivity index (χ2v) is 7.37. The first kappa shape index (κ1) is 18.2. The van der Waals surface area contributed by atoms with Crippen LogP contribution in [0.2, 0.25) is 0 Å². The van der Waals surface area contributed by atoms with Gasteiger partial charge in [-0.3, -0.25) is 9.59 Å². The summed E-state index contributed by atoms with van der Waals surface area (Å²) in [5, 5.41) is 3.03. The number of anilines is 2. The molecule has 1 aliphatic rings. The average Bonchev–Trinajstić information content (AvgIpc) is 3.00. The third kappa shape index (κ3) is 3.50. The Balaban J connectivity index is 1.79. The second-order valence-electron chi connectivity index (χ2n) is 7.37. The minimum absolute atomic E-state index is 0.0137. The van der Waals surface area contributed by atoms with Gasteiger partial charge in [0, 0.05) is 24.3 Å². The zero-order valence-electron chi connectivity index (χ0n) is 15.9. The quantitative estimate of drug-likeness (QED) is 0.887. The molecule has 0 aliphatic carbocycles. The number of nitrogens with zero attached hydrogens (tertiary/aromatic N) is 1. The van der Waals surface area contributed by atoms with Gasteiger partial charge in [-0.1, -0.05) is 50.2 Å². The summed E-state index contributed by atoms with van der Waals surface area (Å²) in [7, 11) is 0. The van der Waals surface area contributed by atoms with Crippen molar-refractivity contribution < 1.29 is 9.59 Å². The van der Waals surface area contributed by atoms with E-state index in [1.54, 1.807) is 4.90 Å². The van der Waals surface area contributed by atoms with Crippen LogP contribution in [0.5, 0.6) is 0 Å². The Labute approximate surface area is 155 Å². The molecule has 2 aromatic rings. The zero-order valence-corrected chi connectivity index (χ0v) is 15.9. The maximum atomic E-state index is 12.8. The van der Waals surface area contributed by atoms with E-state index in [1.807, 2.05) is 50.2 Å². The lowest BCUT2D eigenvalue weighted by Gasteiger charge is -2.22. The molecule has 0 bridgehead atoms. The first-order valence-corrected chi connectivity index (χ1v) is 9.15. The Morgan fingerprint density at radius 2 is 1.73 bits per heavy atom. The van der Waals surface area contributed by atoms with Crippen molar-refractivity contribution in [3.8, 4) is 0 Å². The molecule has 1 saturated heterocycles. The lowest BCUT2D eigenvalue weighted by Crippen LogP contribution is -2.29. The maximum absolute atomic E-state index is 12.8. The van der Waals surface area contributed by atoms with Gasteiger partial charge in [0.1, 0.15) is 0 Å². The number of nitrogens with one attached hydrogen (secondary N) is 1. The molecule has 136 valence electrons. The van der Waals surface area contributed by atoms with Crippen LogP contribution >= 0.6 is 0 Å². The number of rotatable bonds is 4. The summed E-state index contributed by atoms with van der Waals surface area (Å²) in [6.07, 6.45) is 0.253. The van der Waals surface area contributed by atoms with Crippen molar-refractivity contribution in [1.82, 2.24) is 0 Å². The first-order chi connectivity index (χ1) is 12.4. The van der Waals surface area contributed by atoms with Crippen LogP contribution in [-0.2, 0) is 9.59 Å². The number of amides is 2. The fraction of sp³-hybridized carbons (Fsp3) is 0.364. The van der Waals surface area contributed by atoms with Gasteiger partial charge < -0.3 is 10.2 Å². The molecule has 3 rings (SSSR count). The summed E-state index contributed by atoms with van der Waals surface area (Å²) in [6.45, 7) is 8.62. The number of carbonyl (C=O) groups is 2. The minimum Gasteiger partial charge on any atom is -0.325 e. The molecule has 1 aliphatic heterocycles. The highest BCUT2D eigenvalue weighted by Gasteiger charge is 2.36. The van der Waals surface area contributed by atoms with E-state index in [2.05, 4.69) is 25.2 Å². The number of para-hydroxylation sites is 2. The van der Waals surface area contributed by atoms with E-state index in [4.69, 9.17) is 0 Å². The van der Waals surface area contributed by atoms with Gasteiger partial charge in [0.25, 0.3) is 0 Å². The molecular weight excluding hydrogens is 324 g/mol. The highest BCUT2D eigenvalue weighted by atomic mass is 16.2. The van der Waals surface area contributed by atoms with Crippen molar-refractivity contribution in [3.63, 3.8) is 0 Å². The van der Waals surface area contributed by atoms with E-state index < -0.39 is 0 Å². The van der Waals surface area contributed by atoms with Crippen LogP contribution in [0.15, 0.2) is 42.5 Å². The van der Waals surface area contributed by atoms with Crippen LogP contribution < -0.4 is 10.2 Å². The molecule has 0 aromatic heterocycles. The molecule has 1 atom stereocenters.